The number of nitrogens with zero attached hydrogens (tertiary/aromatic N) is 3. The van der Waals surface area contributed by atoms with E-state index in [1.807, 2.05) is 12.4 Å². The molecule has 27 heavy (non-hydrogen) atoms. The van der Waals surface area contributed by atoms with Crippen molar-refractivity contribution in [1.82, 2.24) is 9.55 Å². The van der Waals surface area contributed by atoms with Gasteiger partial charge < -0.3 is 0 Å². The van der Waals surface area contributed by atoms with Gasteiger partial charge in [0.05, 0.1) is 18.8 Å². The second kappa shape index (κ2) is 6.06. The van der Waals surface area contributed by atoms with E-state index >= 15 is 0 Å². The Hall–Kier alpha value is -3.46. The molecule has 0 unspecified atom stereocenters. The monoisotopic (exact) mass is 350 g/mol. The van der Waals surface area contributed by atoms with Crippen LogP contribution in [-0.2, 0) is 7.05 Å². The van der Waals surface area contributed by atoms with Gasteiger partial charge >= 0.3 is 0 Å². The molecule has 0 fully saturated rings. The van der Waals surface area contributed by atoms with Crippen molar-refractivity contribution < 1.29 is 4.57 Å². The van der Waals surface area contributed by atoms with Gasteiger partial charge in [-0.2, -0.15) is 4.57 Å². The van der Waals surface area contributed by atoms with Gasteiger partial charge in [0.1, 0.15) is 0 Å². The summed E-state index contributed by atoms with van der Waals surface area (Å²) in [6, 6.07) is 25.5. The first-order valence-electron chi connectivity index (χ1n) is 9.14. The number of benzene rings is 3. The van der Waals surface area contributed by atoms with Crippen molar-refractivity contribution in [1.29, 1.82) is 0 Å². The van der Waals surface area contributed by atoms with Crippen LogP contribution >= 0.6 is 0 Å². The van der Waals surface area contributed by atoms with E-state index in [0.717, 1.165) is 16.9 Å². The Labute approximate surface area is 158 Å². The molecule has 5 rings (SSSR count). The van der Waals surface area contributed by atoms with E-state index in [-0.39, 0.29) is 0 Å². The Morgan fingerprint density at radius 3 is 2.44 bits per heavy atom. The minimum absolute atomic E-state index is 1.10. The van der Waals surface area contributed by atoms with Crippen LogP contribution in [0.4, 0.5) is 0 Å². The van der Waals surface area contributed by atoms with Gasteiger partial charge in [-0.15, -0.1) is 0 Å². The van der Waals surface area contributed by atoms with Crippen molar-refractivity contribution in [2.24, 2.45) is 7.05 Å². The third-order valence-electron chi connectivity index (χ3n) is 5.29. The zero-order valence-corrected chi connectivity index (χ0v) is 15.4. The van der Waals surface area contributed by atoms with Crippen molar-refractivity contribution in [2.75, 3.05) is 0 Å². The largest absolute Gasteiger partial charge is 0.295 e. The standard InChI is InChI=1S/C24H20N3/c1-17-9-3-5-11-19(17)24-26(2)21-13-7-8-14-22(21)27(24)23-16-25-15-18-10-4-6-12-20(18)23/h3-16H,1-2H3/q+1. The van der Waals surface area contributed by atoms with Crippen LogP contribution in [0.5, 0.6) is 0 Å². The highest BCUT2D eigenvalue weighted by molar-refractivity contribution is 5.92. The molecule has 5 aromatic rings. The summed E-state index contributed by atoms with van der Waals surface area (Å²) in [5.41, 5.74) is 5.96. The second-order valence-corrected chi connectivity index (χ2v) is 6.90. The molecule has 0 N–H and O–H groups in total. The van der Waals surface area contributed by atoms with E-state index in [9.17, 15) is 0 Å². The predicted octanol–water partition coefficient (Wildman–Crippen LogP) is 4.98. The van der Waals surface area contributed by atoms with Gasteiger partial charge in [-0.05, 0) is 36.8 Å². The zero-order chi connectivity index (χ0) is 18.4. The number of hydrogen-bond donors (Lipinski definition) is 0. The van der Waals surface area contributed by atoms with Crippen LogP contribution in [0, 0.1) is 6.92 Å². The number of para-hydroxylation sites is 2. The molecule has 2 aromatic heterocycles. The molecule has 0 amide bonds. The molecule has 0 saturated carbocycles. The van der Waals surface area contributed by atoms with E-state index < -0.39 is 0 Å². The molecular weight excluding hydrogens is 330 g/mol. The number of aryl methyl sites for hydroxylation is 2. The smallest absolute Gasteiger partial charge is 0.260 e. The van der Waals surface area contributed by atoms with Crippen molar-refractivity contribution in [2.45, 2.75) is 6.92 Å². The lowest BCUT2D eigenvalue weighted by atomic mass is 10.1. The van der Waals surface area contributed by atoms with E-state index in [2.05, 4.69) is 101 Å². The normalized spacial score (nSPS) is 11.3. The minimum Gasteiger partial charge on any atom is -0.260 e. The van der Waals surface area contributed by atoms with Gasteiger partial charge in [0.25, 0.3) is 5.82 Å². The summed E-state index contributed by atoms with van der Waals surface area (Å²) in [6.07, 6.45) is 3.90. The number of pyridine rings is 1. The van der Waals surface area contributed by atoms with Crippen molar-refractivity contribution in [3.05, 3.63) is 90.8 Å². The number of aromatic nitrogens is 3. The number of rotatable bonds is 2. The summed E-state index contributed by atoms with van der Waals surface area (Å²) >= 11 is 0. The first kappa shape index (κ1) is 15.8. The van der Waals surface area contributed by atoms with Crippen LogP contribution in [0.2, 0.25) is 0 Å². The Kier molecular flexibility index (Phi) is 3.54. The summed E-state index contributed by atoms with van der Waals surface area (Å²) in [5.74, 6) is 1.16. The Morgan fingerprint density at radius 2 is 1.56 bits per heavy atom. The molecule has 3 heteroatoms. The Bertz CT molecular complexity index is 1290. The molecule has 0 bridgehead atoms. The Morgan fingerprint density at radius 1 is 0.815 bits per heavy atom. The van der Waals surface area contributed by atoms with E-state index in [1.165, 1.54) is 27.5 Å². The molecule has 0 aliphatic heterocycles. The fourth-order valence-corrected chi connectivity index (χ4v) is 3.96. The second-order valence-electron chi connectivity index (χ2n) is 6.90. The molecule has 2 heterocycles. The van der Waals surface area contributed by atoms with E-state index in [4.69, 9.17) is 0 Å². The maximum Gasteiger partial charge on any atom is 0.295 e. The summed E-state index contributed by atoms with van der Waals surface area (Å²) in [4.78, 5) is 4.53. The summed E-state index contributed by atoms with van der Waals surface area (Å²) in [5, 5.41) is 2.34. The molecule has 0 aliphatic carbocycles. The van der Waals surface area contributed by atoms with Crippen LogP contribution < -0.4 is 4.57 Å². The van der Waals surface area contributed by atoms with Gasteiger partial charge in [0, 0.05) is 17.0 Å². The average Bonchev–Trinajstić information content (AvgIpc) is 3.00. The number of fused-ring (bicyclic) bond motifs is 2. The molecule has 0 atom stereocenters. The summed E-state index contributed by atoms with van der Waals surface area (Å²) in [7, 11) is 2.14. The molecule has 130 valence electrons. The molecule has 0 saturated heterocycles. The van der Waals surface area contributed by atoms with Crippen LogP contribution in [-0.4, -0.2) is 9.55 Å². The fourth-order valence-electron chi connectivity index (χ4n) is 3.96. The predicted molar refractivity (Wildman–Crippen MR) is 110 cm³/mol. The molecule has 0 aliphatic rings. The van der Waals surface area contributed by atoms with Gasteiger partial charge in [0.15, 0.2) is 16.7 Å². The van der Waals surface area contributed by atoms with Crippen LogP contribution in [0.15, 0.2) is 85.2 Å². The van der Waals surface area contributed by atoms with Crippen molar-refractivity contribution in [3.63, 3.8) is 0 Å². The highest BCUT2D eigenvalue weighted by Crippen LogP contribution is 2.31. The minimum atomic E-state index is 1.10. The lowest BCUT2D eigenvalue weighted by molar-refractivity contribution is -0.633. The third-order valence-corrected chi connectivity index (χ3v) is 5.29. The topological polar surface area (TPSA) is 21.7 Å². The molecule has 0 spiro atoms. The quantitative estimate of drug-likeness (QED) is 0.412. The fraction of sp³-hybridized carbons (Fsp3) is 0.0833. The van der Waals surface area contributed by atoms with Gasteiger partial charge in [-0.1, -0.05) is 48.5 Å². The molecule has 0 radical (unpaired) electrons. The van der Waals surface area contributed by atoms with Crippen LogP contribution in [0.3, 0.4) is 0 Å². The average molecular weight is 350 g/mol. The zero-order valence-electron chi connectivity index (χ0n) is 15.4. The number of imidazole rings is 1. The lowest BCUT2D eigenvalue weighted by Gasteiger charge is -2.08. The highest BCUT2D eigenvalue weighted by atomic mass is 15.2. The van der Waals surface area contributed by atoms with Gasteiger partial charge in [-0.3, -0.25) is 4.98 Å². The van der Waals surface area contributed by atoms with Crippen LogP contribution in [0.25, 0.3) is 38.9 Å². The summed E-state index contributed by atoms with van der Waals surface area (Å²) in [6.45, 7) is 2.17. The molecule has 3 nitrogen and oxygen atoms in total. The first-order valence-corrected chi connectivity index (χ1v) is 9.14. The van der Waals surface area contributed by atoms with Gasteiger partial charge in [0.2, 0.25) is 0 Å². The van der Waals surface area contributed by atoms with E-state index in [0.29, 0.717) is 0 Å². The maximum absolute atomic E-state index is 4.53. The van der Waals surface area contributed by atoms with Crippen LogP contribution in [0.1, 0.15) is 5.56 Å². The van der Waals surface area contributed by atoms with Crippen molar-refractivity contribution >= 4 is 21.8 Å². The third kappa shape index (κ3) is 2.36. The van der Waals surface area contributed by atoms with Crippen molar-refractivity contribution in [3.8, 4) is 17.1 Å². The van der Waals surface area contributed by atoms with Gasteiger partial charge in [-0.25, -0.2) is 4.57 Å². The highest BCUT2D eigenvalue weighted by Gasteiger charge is 2.27. The molecule has 3 aromatic carbocycles. The SMILES string of the molecule is Cc1ccccc1-c1n(-c2cncc3ccccc23)c2ccccc2[n+]1C. The van der Waals surface area contributed by atoms with E-state index in [1.54, 1.807) is 0 Å². The Balaban J connectivity index is 1.98. The maximum atomic E-state index is 4.53. The molecular formula is C24H20N3+. The summed E-state index contributed by atoms with van der Waals surface area (Å²) < 4.78 is 4.62. The first-order chi connectivity index (χ1) is 13.3. The lowest BCUT2D eigenvalue weighted by Crippen LogP contribution is -2.30. The number of hydrogen-bond acceptors (Lipinski definition) is 1.